The van der Waals surface area contributed by atoms with Crippen molar-refractivity contribution in [2.45, 2.75) is 13.3 Å². The van der Waals surface area contributed by atoms with Gasteiger partial charge in [-0.15, -0.1) is 11.3 Å². The third-order valence-electron chi connectivity index (χ3n) is 1.37. The van der Waals surface area contributed by atoms with Gasteiger partial charge < -0.3 is 5.32 Å². The van der Waals surface area contributed by atoms with Gasteiger partial charge in [0.05, 0.1) is 17.5 Å². The molecule has 1 rings (SSSR count). The number of nitriles is 1. The van der Waals surface area contributed by atoms with Gasteiger partial charge in [-0.3, -0.25) is 4.79 Å². The van der Waals surface area contributed by atoms with Crippen LogP contribution in [0.5, 0.6) is 0 Å². The molecule has 0 spiro atoms. The summed E-state index contributed by atoms with van der Waals surface area (Å²) in [6.45, 7) is 2.22. The van der Waals surface area contributed by atoms with Gasteiger partial charge in [-0.2, -0.15) is 5.26 Å². The van der Waals surface area contributed by atoms with Crippen LogP contribution in [0.4, 0.5) is 0 Å². The number of hydrogen-bond donors (Lipinski definition) is 1. The Morgan fingerprint density at radius 3 is 3.15 bits per heavy atom. The molecule has 1 aromatic heterocycles. The van der Waals surface area contributed by atoms with Gasteiger partial charge in [-0.05, 0) is 6.92 Å². The first-order valence-corrected chi connectivity index (χ1v) is 4.69. The van der Waals surface area contributed by atoms with E-state index in [0.717, 1.165) is 5.01 Å². The van der Waals surface area contributed by atoms with Crippen molar-refractivity contribution in [3.8, 4) is 6.07 Å². The molecule has 1 N–H and O–H groups in total. The molecule has 1 amide bonds. The first kappa shape index (κ1) is 9.68. The average molecular weight is 195 g/mol. The fraction of sp³-hybridized carbons (Fsp3) is 0.375. The molecule has 0 aliphatic heterocycles. The highest BCUT2D eigenvalue weighted by Gasteiger charge is 2.07. The molecule has 13 heavy (non-hydrogen) atoms. The normalized spacial score (nSPS) is 9.23. The van der Waals surface area contributed by atoms with E-state index in [4.69, 9.17) is 5.26 Å². The van der Waals surface area contributed by atoms with Crippen molar-refractivity contribution in [3.63, 3.8) is 0 Å². The Balaban J connectivity index is 2.45. The first-order valence-electron chi connectivity index (χ1n) is 3.81. The number of hydrogen-bond acceptors (Lipinski definition) is 4. The highest BCUT2D eigenvalue weighted by Crippen LogP contribution is 2.07. The van der Waals surface area contributed by atoms with Gasteiger partial charge in [-0.25, -0.2) is 4.98 Å². The fourth-order valence-electron chi connectivity index (χ4n) is 0.790. The van der Waals surface area contributed by atoms with E-state index in [0.29, 0.717) is 18.7 Å². The Morgan fingerprint density at radius 2 is 2.62 bits per heavy atom. The van der Waals surface area contributed by atoms with Gasteiger partial charge in [0.25, 0.3) is 5.91 Å². The Bertz CT molecular complexity index is 339. The van der Waals surface area contributed by atoms with Gasteiger partial charge in [0.1, 0.15) is 5.69 Å². The maximum atomic E-state index is 11.3. The van der Waals surface area contributed by atoms with E-state index < -0.39 is 0 Å². The SMILES string of the molecule is Cc1nc(C(=O)NCCC#N)cs1. The number of nitrogens with one attached hydrogen (secondary N) is 1. The quantitative estimate of drug-likeness (QED) is 0.734. The van der Waals surface area contributed by atoms with E-state index >= 15 is 0 Å². The third kappa shape index (κ3) is 2.84. The van der Waals surface area contributed by atoms with Crippen LogP contribution in [0.3, 0.4) is 0 Å². The smallest absolute Gasteiger partial charge is 0.270 e. The second-order valence-corrected chi connectivity index (χ2v) is 3.48. The number of nitrogens with zero attached hydrogens (tertiary/aromatic N) is 2. The van der Waals surface area contributed by atoms with Crippen LogP contribution >= 0.6 is 11.3 Å². The van der Waals surface area contributed by atoms with Crippen LogP contribution in [0.15, 0.2) is 5.38 Å². The van der Waals surface area contributed by atoms with Gasteiger partial charge in [0, 0.05) is 11.9 Å². The zero-order valence-electron chi connectivity index (χ0n) is 7.20. The van der Waals surface area contributed by atoms with Crippen molar-refractivity contribution >= 4 is 17.2 Å². The highest BCUT2D eigenvalue weighted by molar-refractivity contribution is 7.09. The number of carbonyl (C=O) groups excluding carboxylic acids is 1. The van der Waals surface area contributed by atoms with Crippen LogP contribution in [0.2, 0.25) is 0 Å². The molecular weight excluding hydrogens is 186 g/mol. The molecule has 0 aliphatic rings. The van der Waals surface area contributed by atoms with Crippen molar-refractivity contribution < 1.29 is 4.79 Å². The standard InChI is InChI=1S/C8H9N3OS/c1-6-11-7(5-13-6)8(12)10-4-2-3-9/h5H,2,4H2,1H3,(H,10,12). The summed E-state index contributed by atoms with van der Waals surface area (Å²) in [6, 6.07) is 1.95. The number of amides is 1. The lowest BCUT2D eigenvalue weighted by atomic mass is 10.4. The maximum absolute atomic E-state index is 11.3. The van der Waals surface area contributed by atoms with Crippen LogP contribution in [-0.4, -0.2) is 17.4 Å². The van der Waals surface area contributed by atoms with E-state index in [1.807, 2.05) is 13.0 Å². The number of rotatable bonds is 3. The Kier molecular flexibility index (Phi) is 3.41. The van der Waals surface area contributed by atoms with Crippen molar-refractivity contribution in [2.24, 2.45) is 0 Å². The number of aromatic nitrogens is 1. The minimum absolute atomic E-state index is 0.209. The van der Waals surface area contributed by atoms with Crippen molar-refractivity contribution in [1.29, 1.82) is 5.26 Å². The molecule has 68 valence electrons. The number of aryl methyl sites for hydroxylation is 1. The van der Waals surface area contributed by atoms with Crippen LogP contribution in [0.25, 0.3) is 0 Å². The molecule has 0 atom stereocenters. The summed E-state index contributed by atoms with van der Waals surface area (Å²) >= 11 is 1.43. The van der Waals surface area contributed by atoms with E-state index in [1.165, 1.54) is 11.3 Å². The summed E-state index contributed by atoms with van der Waals surface area (Å²) < 4.78 is 0. The summed E-state index contributed by atoms with van der Waals surface area (Å²) in [5.74, 6) is -0.209. The Labute approximate surface area is 80.2 Å². The molecule has 1 heterocycles. The zero-order chi connectivity index (χ0) is 9.68. The second-order valence-electron chi connectivity index (χ2n) is 2.42. The van der Waals surface area contributed by atoms with Gasteiger partial charge in [0.2, 0.25) is 0 Å². The minimum atomic E-state index is -0.209. The van der Waals surface area contributed by atoms with Gasteiger partial charge >= 0.3 is 0 Å². The summed E-state index contributed by atoms with van der Waals surface area (Å²) in [7, 11) is 0. The second kappa shape index (κ2) is 4.58. The highest BCUT2D eigenvalue weighted by atomic mass is 32.1. The molecule has 0 saturated carbocycles. The minimum Gasteiger partial charge on any atom is -0.350 e. The van der Waals surface area contributed by atoms with E-state index in [2.05, 4.69) is 10.3 Å². The van der Waals surface area contributed by atoms with Crippen LogP contribution in [-0.2, 0) is 0 Å². The van der Waals surface area contributed by atoms with Crippen molar-refractivity contribution in [1.82, 2.24) is 10.3 Å². The fourth-order valence-corrected chi connectivity index (χ4v) is 1.38. The summed E-state index contributed by atoms with van der Waals surface area (Å²) in [5.41, 5.74) is 0.431. The van der Waals surface area contributed by atoms with E-state index in [1.54, 1.807) is 5.38 Å². The van der Waals surface area contributed by atoms with Crippen LogP contribution in [0, 0.1) is 18.3 Å². The lowest BCUT2D eigenvalue weighted by Crippen LogP contribution is -2.24. The molecule has 0 bridgehead atoms. The molecular formula is C8H9N3OS. The monoisotopic (exact) mass is 195 g/mol. The number of thiazole rings is 1. The van der Waals surface area contributed by atoms with E-state index in [9.17, 15) is 4.79 Å². The van der Waals surface area contributed by atoms with Crippen molar-refractivity contribution in [3.05, 3.63) is 16.1 Å². The van der Waals surface area contributed by atoms with Gasteiger partial charge in [-0.1, -0.05) is 0 Å². The summed E-state index contributed by atoms with van der Waals surface area (Å²) in [5, 5.41) is 13.4. The maximum Gasteiger partial charge on any atom is 0.270 e. The molecule has 0 saturated heterocycles. The third-order valence-corrected chi connectivity index (χ3v) is 2.15. The lowest BCUT2D eigenvalue weighted by molar-refractivity contribution is 0.0950. The predicted molar refractivity (Wildman–Crippen MR) is 49.4 cm³/mol. The first-order chi connectivity index (χ1) is 6.24. The molecule has 4 nitrogen and oxygen atoms in total. The molecule has 1 aromatic rings. The summed E-state index contributed by atoms with van der Waals surface area (Å²) in [6.07, 6.45) is 0.328. The molecule has 0 aliphatic carbocycles. The molecule has 0 radical (unpaired) electrons. The van der Waals surface area contributed by atoms with E-state index in [-0.39, 0.29) is 5.91 Å². The van der Waals surface area contributed by atoms with Crippen LogP contribution in [0.1, 0.15) is 21.9 Å². The lowest BCUT2D eigenvalue weighted by Gasteiger charge is -1.97. The Hall–Kier alpha value is -1.41. The largest absolute Gasteiger partial charge is 0.350 e. The molecule has 0 unspecified atom stereocenters. The average Bonchev–Trinajstić information content (AvgIpc) is 2.52. The summed E-state index contributed by atoms with van der Waals surface area (Å²) in [4.78, 5) is 15.3. The van der Waals surface area contributed by atoms with Crippen molar-refractivity contribution in [2.75, 3.05) is 6.54 Å². The Morgan fingerprint density at radius 1 is 1.85 bits per heavy atom. The molecule has 0 fully saturated rings. The van der Waals surface area contributed by atoms with Crippen LogP contribution < -0.4 is 5.32 Å². The number of carbonyl (C=O) groups is 1. The molecule has 5 heteroatoms. The topological polar surface area (TPSA) is 65.8 Å². The van der Waals surface area contributed by atoms with Gasteiger partial charge in [0.15, 0.2) is 0 Å². The predicted octanol–water partition coefficient (Wildman–Crippen LogP) is 1.10. The zero-order valence-corrected chi connectivity index (χ0v) is 8.02. The molecule has 0 aromatic carbocycles.